The molecule has 0 saturated carbocycles. The molecule has 0 radical (unpaired) electrons. The van der Waals surface area contributed by atoms with Gasteiger partial charge in [0.2, 0.25) is 17.2 Å². The van der Waals surface area contributed by atoms with E-state index in [0.717, 1.165) is 6.42 Å². The zero-order valence-corrected chi connectivity index (χ0v) is 12.1. The summed E-state index contributed by atoms with van der Waals surface area (Å²) in [4.78, 5) is 14.1. The van der Waals surface area contributed by atoms with Crippen LogP contribution >= 0.6 is 11.6 Å². The molecule has 1 atom stereocenters. The molecule has 1 aromatic heterocycles. The number of nitrogens with one attached hydrogen (secondary N) is 1. The van der Waals surface area contributed by atoms with Gasteiger partial charge in [-0.05, 0) is 11.6 Å². The minimum absolute atomic E-state index is 0.162. The molecule has 7 nitrogen and oxygen atoms in total. The van der Waals surface area contributed by atoms with E-state index >= 15 is 0 Å². The highest BCUT2D eigenvalue weighted by atomic mass is 35.5. The largest absolute Gasteiger partial charge is 0.378 e. The van der Waals surface area contributed by atoms with Crippen LogP contribution in [0.5, 0.6) is 0 Å². The molecule has 1 unspecified atom stereocenters. The van der Waals surface area contributed by atoms with Crippen LogP contribution in [0.25, 0.3) is 0 Å². The number of hydrogen-bond acceptors (Lipinski definition) is 7. The van der Waals surface area contributed by atoms with E-state index in [4.69, 9.17) is 21.1 Å². The summed E-state index contributed by atoms with van der Waals surface area (Å²) in [6, 6.07) is 0. The number of anilines is 2. The number of ether oxygens (including phenoxy) is 2. The average molecular weight is 288 g/mol. The maximum atomic E-state index is 5.87. The topological polar surface area (TPSA) is 72.4 Å². The van der Waals surface area contributed by atoms with Crippen molar-refractivity contribution in [3.05, 3.63) is 5.28 Å². The molecule has 19 heavy (non-hydrogen) atoms. The summed E-state index contributed by atoms with van der Waals surface area (Å²) >= 11 is 5.87. The molecule has 1 aliphatic rings. The summed E-state index contributed by atoms with van der Waals surface area (Å²) in [7, 11) is 5.37. The van der Waals surface area contributed by atoms with Crippen molar-refractivity contribution in [2.75, 3.05) is 51.2 Å². The fourth-order valence-electron chi connectivity index (χ4n) is 1.82. The minimum Gasteiger partial charge on any atom is -0.378 e. The Morgan fingerprint density at radius 2 is 2.21 bits per heavy atom. The maximum absolute atomic E-state index is 5.87. The highest BCUT2D eigenvalue weighted by Crippen LogP contribution is 2.23. The number of nitrogens with zero attached hydrogens (tertiary/aromatic N) is 4. The van der Waals surface area contributed by atoms with E-state index in [-0.39, 0.29) is 10.9 Å². The van der Waals surface area contributed by atoms with Gasteiger partial charge in [-0.3, -0.25) is 0 Å². The number of aromatic nitrogens is 3. The standard InChI is InChI=1S/C11H18ClN5O2/c1-17(2)10-15-8(12)14-9(16-10)13-6-11(18-3)4-5-19-7-11/h4-7H2,1-3H3,(H,13,14,15,16). The lowest BCUT2D eigenvalue weighted by Gasteiger charge is -2.25. The molecule has 2 rings (SSSR count). The second-order valence-corrected chi connectivity index (χ2v) is 5.00. The quantitative estimate of drug-likeness (QED) is 0.859. The summed E-state index contributed by atoms with van der Waals surface area (Å²) in [5.74, 6) is 0.948. The minimum atomic E-state index is -0.322. The van der Waals surface area contributed by atoms with Gasteiger partial charge in [-0.15, -0.1) is 0 Å². The van der Waals surface area contributed by atoms with E-state index in [0.29, 0.717) is 31.7 Å². The van der Waals surface area contributed by atoms with Crippen molar-refractivity contribution >= 4 is 23.5 Å². The van der Waals surface area contributed by atoms with Gasteiger partial charge in [0.15, 0.2) is 0 Å². The zero-order valence-electron chi connectivity index (χ0n) is 11.3. The molecule has 2 heterocycles. The first-order valence-electron chi connectivity index (χ1n) is 6.00. The summed E-state index contributed by atoms with van der Waals surface area (Å²) in [5, 5.41) is 3.30. The molecule has 1 aromatic rings. The van der Waals surface area contributed by atoms with Gasteiger partial charge in [0, 0.05) is 40.8 Å². The van der Waals surface area contributed by atoms with Crippen molar-refractivity contribution in [1.29, 1.82) is 0 Å². The predicted molar refractivity (Wildman–Crippen MR) is 72.8 cm³/mol. The Balaban J connectivity index is 2.06. The van der Waals surface area contributed by atoms with Gasteiger partial charge in [-0.25, -0.2) is 0 Å². The molecule has 0 aliphatic carbocycles. The third-order valence-corrected chi connectivity index (χ3v) is 3.23. The molecule has 0 aromatic carbocycles. The van der Waals surface area contributed by atoms with E-state index in [9.17, 15) is 0 Å². The van der Waals surface area contributed by atoms with Crippen LogP contribution in [0.4, 0.5) is 11.9 Å². The number of rotatable bonds is 5. The molecular formula is C11H18ClN5O2. The Labute approximate surface area is 117 Å². The van der Waals surface area contributed by atoms with Gasteiger partial charge in [0.05, 0.1) is 6.61 Å². The lowest BCUT2D eigenvalue weighted by Crippen LogP contribution is -2.40. The third kappa shape index (κ3) is 3.43. The SMILES string of the molecule is COC1(CNc2nc(Cl)nc(N(C)C)n2)CCOC1. The summed E-state index contributed by atoms with van der Waals surface area (Å²) < 4.78 is 10.9. The summed E-state index contributed by atoms with van der Waals surface area (Å²) in [6.07, 6.45) is 0.843. The Bertz CT molecular complexity index is 437. The maximum Gasteiger partial charge on any atom is 0.230 e. The molecule has 0 spiro atoms. The van der Waals surface area contributed by atoms with Gasteiger partial charge in [0.25, 0.3) is 0 Å². The van der Waals surface area contributed by atoms with E-state index in [1.165, 1.54) is 0 Å². The zero-order chi connectivity index (χ0) is 13.9. The Morgan fingerprint density at radius 1 is 1.42 bits per heavy atom. The van der Waals surface area contributed by atoms with Crippen LogP contribution in [-0.2, 0) is 9.47 Å². The van der Waals surface area contributed by atoms with E-state index < -0.39 is 0 Å². The van der Waals surface area contributed by atoms with Gasteiger partial charge in [-0.1, -0.05) is 0 Å². The van der Waals surface area contributed by atoms with Gasteiger partial charge >= 0.3 is 0 Å². The van der Waals surface area contributed by atoms with Gasteiger partial charge in [0.1, 0.15) is 5.60 Å². The van der Waals surface area contributed by atoms with Crippen LogP contribution < -0.4 is 10.2 Å². The number of methoxy groups -OCH3 is 1. The highest BCUT2D eigenvalue weighted by molar-refractivity contribution is 6.28. The molecule has 1 aliphatic heterocycles. The van der Waals surface area contributed by atoms with Crippen molar-refractivity contribution in [3.63, 3.8) is 0 Å². The van der Waals surface area contributed by atoms with Crippen molar-refractivity contribution in [2.45, 2.75) is 12.0 Å². The molecule has 1 fully saturated rings. The normalized spacial score (nSPS) is 22.5. The molecular weight excluding hydrogens is 270 g/mol. The van der Waals surface area contributed by atoms with Crippen LogP contribution in [0.1, 0.15) is 6.42 Å². The monoisotopic (exact) mass is 287 g/mol. The lowest BCUT2D eigenvalue weighted by atomic mass is 10.0. The molecule has 106 valence electrons. The molecule has 1 saturated heterocycles. The third-order valence-electron chi connectivity index (χ3n) is 3.07. The second-order valence-electron chi connectivity index (χ2n) is 4.67. The highest BCUT2D eigenvalue weighted by Gasteiger charge is 2.35. The lowest BCUT2D eigenvalue weighted by molar-refractivity contribution is -0.00631. The first-order chi connectivity index (χ1) is 9.04. The van der Waals surface area contributed by atoms with Crippen molar-refractivity contribution in [3.8, 4) is 0 Å². The Kier molecular flexibility index (Phi) is 4.38. The van der Waals surface area contributed by atoms with E-state index in [2.05, 4.69) is 20.3 Å². The van der Waals surface area contributed by atoms with Crippen LogP contribution in [-0.4, -0.2) is 61.5 Å². The summed E-state index contributed by atoms with van der Waals surface area (Å²) in [6.45, 7) is 1.84. The van der Waals surface area contributed by atoms with Gasteiger partial charge in [-0.2, -0.15) is 15.0 Å². The molecule has 1 N–H and O–H groups in total. The summed E-state index contributed by atoms with van der Waals surface area (Å²) in [5.41, 5.74) is -0.322. The van der Waals surface area contributed by atoms with Crippen LogP contribution in [0.3, 0.4) is 0 Å². The van der Waals surface area contributed by atoms with Crippen molar-refractivity contribution in [1.82, 2.24) is 15.0 Å². The first-order valence-corrected chi connectivity index (χ1v) is 6.38. The fraction of sp³-hybridized carbons (Fsp3) is 0.727. The van der Waals surface area contributed by atoms with Crippen molar-refractivity contribution < 1.29 is 9.47 Å². The van der Waals surface area contributed by atoms with Crippen LogP contribution in [0, 0.1) is 0 Å². The van der Waals surface area contributed by atoms with Gasteiger partial charge < -0.3 is 19.7 Å². The average Bonchev–Trinajstić information content (AvgIpc) is 2.85. The number of halogens is 1. The Hall–Kier alpha value is -1.18. The molecule has 0 amide bonds. The molecule has 0 bridgehead atoms. The van der Waals surface area contributed by atoms with E-state index in [1.54, 1.807) is 12.0 Å². The molecule has 8 heteroatoms. The van der Waals surface area contributed by atoms with Crippen LogP contribution in [0.15, 0.2) is 0 Å². The first kappa shape index (κ1) is 14.2. The Morgan fingerprint density at radius 3 is 2.79 bits per heavy atom. The van der Waals surface area contributed by atoms with Crippen LogP contribution in [0.2, 0.25) is 5.28 Å². The fourth-order valence-corrected chi connectivity index (χ4v) is 1.98. The predicted octanol–water partition coefficient (Wildman–Crippen LogP) is 0.808. The van der Waals surface area contributed by atoms with E-state index in [1.807, 2.05) is 14.1 Å². The number of hydrogen-bond donors (Lipinski definition) is 1. The van der Waals surface area contributed by atoms with Crippen molar-refractivity contribution in [2.24, 2.45) is 0 Å². The smallest absolute Gasteiger partial charge is 0.230 e. The second kappa shape index (κ2) is 5.85.